The highest BCUT2D eigenvalue weighted by Crippen LogP contribution is 2.27. The Bertz CT molecular complexity index is 355. The van der Waals surface area contributed by atoms with Crippen LogP contribution in [0.2, 0.25) is 10.0 Å². The molecule has 0 unspecified atom stereocenters. The van der Waals surface area contributed by atoms with Gasteiger partial charge in [-0.3, -0.25) is 4.79 Å². The van der Waals surface area contributed by atoms with Crippen molar-refractivity contribution >= 4 is 29.1 Å². The molecule has 1 amide bonds. The lowest BCUT2D eigenvalue weighted by Gasteiger charge is -2.07. The van der Waals surface area contributed by atoms with Crippen LogP contribution in [0.3, 0.4) is 0 Å². The number of hydrogen-bond donors (Lipinski definition) is 1. The quantitative estimate of drug-likeness (QED) is 0.888. The molecule has 0 atom stereocenters. The Morgan fingerprint density at radius 2 is 2.20 bits per heavy atom. The molecule has 0 aliphatic carbocycles. The number of benzene rings is 1. The van der Waals surface area contributed by atoms with Crippen molar-refractivity contribution in [2.75, 3.05) is 13.7 Å². The Morgan fingerprint density at radius 1 is 1.47 bits per heavy atom. The molecule has 1 aromatic rings. The van der Waals surface area contributed by atoms with Gasteiger partial charge in [0.05, 0.1) is 18.1 Å². The summed E-state index contributed by atoms with van der Waals surface area (Å²) in [5, 5.41) is 3.53. The van der Waals surface area contributed by atoms with Gasteiger partial charge in [-0.1, -0.05) is 23.2 Å². The lowest BCUT2D eigenvalue weighted by molar-refractivity contribution is -0.121. The predicted molar refractivity (Wildman–Crippen MR) is 60.6 cm³/mol. The average Bonchev–Trinajstić information content (AvgIpc) is 2.23. The van der Waals surface area contributed by atoms with Crippen molar-refractivity contribution < 1.29 is 9.53 Å². The SMILES string of the molecule is CNC(=O)CCOc1cc(Cl)ccc1Cl. The molecular formula is C10H11Cl2NO2. The molecule has 0 bridgehead atoms. The Hall–Kier alpha value is -0.930. The monoisotopic (exact) mass is 247 g/mol. The summed E-state index contributed by atoms with van der Waals surface area (Å²) in [5.74, 6) is 0.418. The van der Waals surface area contributed by atoms with Crippen LogP contribution in [0.5, 0.6) is 5.75 Å². The van der Waals surface area contributed by atoms with Crippen molar-refractivity contribution in [3.8, 4) is 5.75 Å². The smallest absolute Gasteiger partial charge is 0.223 e. The van der Waals surface area contributed by atoms with E-state index < -0.39 is 0 Å². The van der Waals surface area contributed by atoms with Crippen LogP contribution < -0.4 is 10.1 Å². The molecule has 0 aliphatic rings. The molecule has 5 heteroatoms. The van der Waals surface area contributed by atoms with Crippen LogP contribution in [-0.4, -0.2) is 19.6 Å². The van der Waals surface area contributed by atoms with Gasteiger partial charge < -0.3 is 10.1 Å². The molecular weight excluding hydrogens is 237 g/mol. The minimum atomic E-state index is -0.0758. The minimum Gasteiger partial charge on any atom is -0.491 e. The summed E-state index contributed by atoms with van der Waals surface area (Å²) in [6.45, 7) is 0.278. The first-order valence-electron chi connectivity index (χ1n) is 4.42. The van der Waals surface area contributed by atoms with E-state index in [0.29, 0.717) is 22.2 Å². The molecule has 1 N–H and O–H groups in total. The van der Waals surface area contributed by atoms with Gasteiger partial charge in [0.1, 0.15) is 5.75 Å². The summed E-state index contributed by atoms with van der Waals surface area (Å²) in [4.78, 5) is 10.9. The van der Waals surface area contributed by atoms with Crippen molar-refractivity contribution in [3.63, 3.8) is 0 Å². The maximum absolute atomic E-state index is 10.9. The van der Waals surface area contributed by atoms with Gasteiger partial charge >= 0.3 is 0 Å². The second kappa shape index (κ2) is 5.83. The van der Waals surface area contributed by atoms with Crippen molar-refractivity contribution in [1.29, 1.82) is 0 Å². The summed E-state index contributed by atoms with van der Waals surface area (Å²) in [7, 11) is 1.58. The summed E-state index contributed by atoms with van der Waals surface area (Å²) >= 11 is 11.6. The lowest BCUT2D eigenvalue weighted by atomic mass is 10.3. The molecule has 0 aliphatic heterocycles. The number of carbonyl (C=O) groups excluding carboxylic acids is 1. The van der Waals surface area contributed by atoms with Crippen LogP contribution in [0.25, 0.3) is 0 Å². The molecule has 0 aromatic heterocycles. The minimum absolute atomic E-state index is 0.0758. The molecule has 82 valence electrons. The van der Waals surface area contributed by atoms with Crippen molar-refractivity contribution in [2.24, 2.45) is 0 Å². The van der Waals surface area contributed by atoms with Gasteiger partial charge in [0.15, 0.2) is 0 Å². The Labute approximate surface area is 98.3 Å². The van der Waals surface area contributed by atoms with Gasteiger partial charge in [0, 0.05) is 18.1 Å². The van der Waals surface area contributed by atoms with E-state index in [0.717, 1.165) is 0 Å². The van der Waals surface area contributed by atoms with Crippen LogP contribution in [0.15, 0.2) is 18.2 Å². The number of carbonyl (C=O) groups is 1. The van der Waals surface area contributed by atoms with Gasteiger partial charge in [-0.15, -0.1) is 0 Å². The fourth-order valence-electron chi connectivity index (χ4n) is 0.966. The topological polar surface area (TPSA) is 38.3 Å². The first-order valence-corrected chi connectivity index (χ1v) is 5.17. The molecule has 0 fully saturated rings. The van der Waals surface area contributed by atoms with E-state index in [1.807, 2.05) is 0 Å². The van der Waals surface area contributed by atoms with Crippen LogP contribution >= 0.6 is 23.2 Å². The highest BCUT2D eigenvalue weighted by molar-refractivity contribution is 6.34. The Balaban J connectivity index is 2.50. The van der Waals surface area contributed by atoms with Gasteiger partial charge in [-0.25, -0.2) is 0 Å². The second-order valence-corrected chi connectivity index (χ2v) is 3.69. The third kappa shape index (κ3) is 3.98. The third-order valence-electron chi connectivity index (χ3n) is 1.76. The summed E-state index contributed by atoms with van der Waals surface area (Å²) in [5.41, 5.74) is 0. The summed E-state index contributed by atoms with van der Waals surface area (Å²) in [6, 6.07) is 4.95. The van der Waals surface area contributed by atoms with Crippen molar-refractivity contribution in [2.45, 2.75) is 6.42 Å². The van der Waals surface area contributed by atoms with Gasteiger partial charge in [-0.05, 0) is 12.1 Å². The number of ether oxygens (including phenoxy) is 1. The molecule has 0 radical (unpaired) electrons. The number of amides is 1. The summed E-state index contributed by atoms with van der Waals surface area (Å²) in [6.07, 6.45) is 0.291. The molecule has 0 saturated heterocycles. The molecule has 15 heavy (non-hydrogen) atoms. The summed E-state index contributed by atoms with van der Waals surface area (Å²) < 4.78 is 5.31. The van der Waals surface area contributed by atoms with Gasteiger partial charge in [0.2, 0.25) is 5.91 Å². The zero-order valence-corrected chi connectivity index (χ0v) is 9.73. The van der Waals surface area contributed by atoms with Gasteiger partial charge in [-0.2, -0.15) is 0 Å². The van der Waals surface area contributed by atoms with Crippen LogP contribution in [0.1, 0.15) is 6.42 Å². The zero-order chi connectivity index (χ0) is 11.3. The maximum atomic E-state index is 10.9. The lowest BCUT2D eigenvalue weighted by Crippen LogP contribution is -2.20. The molecule has 0 saturated carbocycles. The average molecular weight is 248 g/mol. The molecule has 0 heterocycles. The van der Waals surface area contributed by atoms with Crippen LogP contribution in [-0.2, 0) is 4.79 Å². The highest BCUT2D eigenvalue weighted by Gasteiger charge is 2.03. The standard InChI is InChI=1S/C10H11Cl2NO2/c1-13-10(14)4-5-15-9-6-7(11)2-3-8(9)12/h2-3,6H,4-5H2,1H3,(H,13,14). The predicted octanol–water partition coefficient (Wildman–Crippen LogP) is 2.51. The normalized spacial score (nSPS) is 9.80. The fraction of sp³-hybridized carbons (Fsp3) is 0.300. The molecule has 0 spiro atoms. The van der Waals surface area contributed by atoms with E-state index >= 15 is 0 Å². The number of rotatable bonds is 4. The first-order chi connectivity index (χ1) is 7.13. The van der Waals surface area contributed by atoms with E-state index in [9.17, 15) is 4.79 Å². The van der Waals surface area contributed by atoms with Gasteiger partial charge in [0.25, 0.3) is 0 Å². The van der Waals surface area contributed by atoms with E-state index in [4.69, 9.17) is 27.9 Å². The largest absolute Gasteiger partial charge is 0.491 e. The molecule has 1 aromatic carbocycles. The third-order valence-corrected chi connectivity index (χ3v) is 2.31. The van der Waals surface area contributed by atoms with E-state index in [2.05, 4.69) is 5.32 Å². The fourth-order valence-corrected chi connectivity index (χ4v) is 1.30. The second-order valence-electron chi connectivity index (χ2n) is 2.85. The molecule has 3 nitrogen and oxygen atoms in total. The number of halogens is 2. The van der Waals surface area contributed by atoms with Crippen LogP contribution in [0.4, 0.5) is 0 Å². The Kier molecular flexibility index (Phi) is 4.72. The van der Waals surface area contributed by atoms with Crippen molar-refractivity contribution in [1.82, 2.24) is 5.32 Å². The maximum Gasteiger partial charge on any atom is 0.223 e. The Morgan fingerprint density at radius 3 is 2.87 bits per heavy atom. The van der Waals surface area contributed by atoms with Crippen LogP contribution in [0, 0.1) is 0 Å². The zero-order valence-electron chi connectivity index (χ0n) is 8.22. The van der Waals surface area contributed by atoms with E-state index in [-0.39, 0.29) is 12.5 Å². The van der Waals surface area contributed by atoms with E-state index in [1.165, 1.54) is 0 Å². The highest BCUT2D eigenvalue weighted by atomic mass is 35.5. The number of nitrogens with one attached hydrogen (secondary N) is 1. The first kappa shape index (κ1) is 12.1. The van der Waals surface area contributed by atoms with Crippen molar-refractivity contribution in [3.05, 3.63) is 28.2 Å². The van der Waals surface area contributed by atoms with E-state index in [1.54, 1.807) is 25.2 Å². The number of hydrogen-bond acceptors (Lipinski definition) is 2. The molecule has 1 rings (SSSR count).